The molecule has 0 unspecified atom stereocenters. The average Bonchev–Trinajstić information content (AvgIpc) is 2.75. The van der Waals surface area contributed by atoms with Gasteiger partial charge in [-0.05, 0) is 54.4 Å². The summed E-state index contributed by atoms with van der Waals surface area (Å²) in [5, 5.41) is 4.91. The van der Waals surface area contributed by atoms with Crippen LogP contribution >= 0.6 is 23.2 Å². The molecule has 0 fully saturated rings. The first-order chi connectivity index (χ1) is 15.2. The van der Waals surface area contributed by atoms with Gasteiger partial charge in [0.15, 0.2) is 0 Å². The van der Waals surface area contributed by atoms with Crippen LogP contribution < -0.4 is 5.43 Å². The van der Waals surface area contributed by atoms with Gasteiger partial charge in [-0.15, -0.1) is 0 Å². The number of hydrazone groups is 1. The van der Waals surface area contributed by atoms with Crippen molar-refractivity contribution in [1.29, 1.82) is 0 Å². The number of nitrogens with one attached hydrogen (secondary N) is 1. The zero-order chi connectivity index (χ0) is 23.1. The second kappa shape index (κ2) is 10.7. The fourth-order valence-corrected chi connectivity index (χ4v) is 4.56. The molecule has 1 amide bonds. The molecule has 0 aromatic heterocycles. The highest BCUT2D eigenvalue weighted by atomic mass is 35.5. The standard InChI is InChI=1S/C23H21Cl2N3O3S/c1-17-3-2-4-19(13-17)15-28(32(30,31)22-11-9-21(25)10-12-22)16-23(29)27-26-14-18-5-7-20(24)8-6-18/h2-14H,15-16H2,1H3,(H,27,29)/b26-14-. The molecule has 166 valence electrons. The van der Waals surface area contributed by atoms with Crippen LogP contribution in [0.15, 0.2) is 82.8 Å². The summed E-state index contributed by atoms with van der Waals surface area (Å²) in [7, 11) is -3.96. The minimum Gasteiger partial charge on any atom is -0.272 e. The summed E-state index contributed by atoms with van der Waals surface area (Å²) in [6, 6.07) is 20.2. The number of nitrogens with zero attached hydrogens (tertiary/aromatic N) is 2. The van der Waals surface area contributed by atoms with E-state index in [-0.39, 0.29) is 11.4 Å². The Labute approximate surface area is 197 Å². The van der Waals surface area contributed by atoms with Crippen LogP contribution in [-0.4, -0.2) is 31.4 Å². The van der Waals surface area contributed by atoms with Gasteiger partial charge in [-0.2, -0.15) is 9.41 Å². The molecule has 3 aromatic rings. The lowest BCUT2D eigenvalue weighted by Gasteiger charge is -2.21. The van der Waals surface area contributed by atoms with E-state index < -0.39 is 22.5 Å². The molecule has 0 atom stereocenters. The second-order valence-corrected chi connectivity index (χ2v) is 9.87. The number of benzene rings is 3. The minimum atomic E-state index is -3.96. The van der Waals surface area contributed by atoms with Crippen molar-refractivity contribution in [2.75, 3.05) is 6.54 Å². The van der Waals surface area contributed by atoms with Crippen LogP contribution in [0.3, 0.4) is 0 Å². The molecule has 9 heteroatoms. The topological polar surface area (TPSA) is 78.8 Å². The predicted molar refractivity (Wildman–Crippen MR) is 127 cm³/mol. The molecule has 0 heterocycles. The van der Waals surface area contributed by atoms with Crippen LogP contribution in [0.2, 0.25) is 10.0 Å². The maximum absolute atomic E-state index is 13.2. The number of rotatable bonds is 8. The molecule has 32 heavy (non-hydrogen) atoms. The van der Waals surface area contributed by atoms with Crippen molar-refractivity contribution in [1.82, 2.24) is 9.73 Å². The highest BCUT2D eigenvalue weighted by molar-refractivity contribution is 7.89. The quantitative estimate of drug-likeness (QED) is 0.369. The van der Waals surface area contributed by atoms with Crippen molar-refractivity contribution in [3.8, 4) is 0 Å². The van der Waals surface area contributed by atoms with E-state index in [4.69, 9.17) is 23.2 Å². The van der Waals surface area contributed by atoms with Crippen molar-refractivity contribution in [3.05, 3.63) is 99.5 Å². The average molecular weight is 490 g/mol. The third-order valence-corrected chi connectivity index (χ3v) is 6.80. The summed E-state index contributed by atoms with van der Waals surface area (Å²) in [5.41, 5.74) is 4.87. The molecule has 1 N–H and O–H groups in total. The number of sulfonamides is 1. The SMILES string of the molecule is Cc1cccc(CN(CC(=O)N/N=C\c2ccc(Cl)cc2)S(=O)(=O)c2ccc(Cl)cc2)c1. The molecule has 0 bridgehead atoms. The highest BCUT2D eigenvalue weighted by Gasteiger charge is 2.27. The molecule has 0 aliphatic rings. The lowest BCUT2D eigenvalue weighted by molar-refractivity contribution is -0.121. The number of aryl methyl sites for hydroxylation is 1. The molecule has 3 aromatic carbocycles. The largest absolute Gasteiger partial charge is 0.272 e. The number of carbonyl (C=O) groups is 1. The molecule has 3 rings (SSSR count). The zero-order valence-electron chi connectivity index (χ0n) is 17.2. The van der Waals surface area contributed by atoms with E-state index in [0.29, 0.717) is 10.0 Å². The molecule has 0 aliphatic heterocycles. The smallest absolute Gasteiger partial charge is 0.255 e. The van der Waals surface area contributed by atoms with Crippen molar-refractivity contribution >= 4 is 45.3 Å². The van der Waals surface area contributed by atoms with Crippen molar-refractivity contribution in [3.63, 3.8) is 0 Å². The fraction of sp³-hybridized carbons (Fsp3) is 0.130. The Hall–Kier alpha value is -2.71. The van der Waals surface area contributed by atoms with Crippen molar-refractivity contribution < 1.29 is 13.2 Å². The molecule has 0 radical (unpaired) electrons. The molecule has 0 spiro atoms. The van der Waals surface area contributed by atoms with Crippen LogP contribution in [0.25, 0.3) is 0 Å². The van der Waals surface area contributed by atoms with E-state index in [9.17, 15) is 13.2 Å². The van der Waals surface area contributed by atoms with Gasteiger partial charge < -0.3 is 0 Å². The maximum atomic E-state index is 13.2. The summed E-state index contributed by atoms with van der Waals surface area (Å²) in [5.74, 6) is -0.569. The first-order valence-electron chi connectivity index (χ1n) is 9.63. The Bertz CT molecular complexity index is 1210. The lowest BCUT2D eigenvalue weighted by atomic mass is 10.1. The molecule has 0 saturated carbocycles. The molecule has 0 aliphatic carbocycles. The van der Waals surface area contributed by atoms with E-state index in [1.54, 1.807) is 24.3 Å². The van der Waals surface area contributed by atoms with Crippen LogP contribution in [0, 0.1) is 6.92 Å². The third-order valence-electron chi connectivity index (χ3n) is 4.49. The van der Waals surface area contributed by atoms with E-state index in [1.807, 2.05) is 31.2 Å². The number of amides is 1. The van der Waals surface area contributed by atoms with Gasteiger partial charge in [-0.3, -0.25) is 4.79 Å². The van der Waals surface area contributed by atoms with Crippen LogP contribution in [0.1, 0.15) is 16.7 Å². The van der Waals surface area contributed by atoms with Crippen LogP contribution in [0.4, 0.5) is 0 Å². The fourth-order valence-electron chi connectivity index (χ4n) is 2.92. The molecule has 6 nitrogen and oxygen atoms in total. The number of hydrogen-bond acceptors (Lipinski definition) is 4. The summed E-state index contributed by atoms with van der Waals surface area (Å²) in [6.45, 7) is 1.54. The summed E-state index contributed by atoms with van der Waals surface area (Å²) >= 11 is 11.7. The first kappa shape index (κ1) is 23.9. The number of hydrogen-bond donors (Lipinski definition) is 1. The van der Waals surface area contributed by atoms with Gasteiger partial charge in [0, 0.05) is 16.6 Å². The van der Waals surface area contributed by atoms with E-state index in [2.05, 4.69) is 10.5 Å². The Kier molecular flexibility index (Phi) is 8.04. The lowest BCUT2D eigenvalue weighted by Crippen LogP contribution is -2.39. The molecular formula is C23H21Cl2N3O3S. The molecule has 0 saturated heterocycles. The van der Waals surface area contributed by atoms with Crippen LogP contribution in [0.5, 0.6) is 0 Å². The first-order valence-corrected chi connectivity index (χ1v) is 11.8. The maximum Gasteiger partial charge on any atom is 0.255 e. The van der Waals surface area contributed by atoms with Gasteiger partial charge >= 0.3 is 0 Å². The Morgan fingerprint density at radius 2 is 1.62 bits per heavy atom. The summed E-state index contributed by atoms with van der Waals surface area (Å²) < 4.78 is 27.6. The highest BCUT2D eigenvalue weighted by Crippen LogP contribution is 2.21. The molecular weight excluding hydrogens is 469 g/mol. The van der Waals surface area contributed by atoms with E-state index >= 15 is 0 Å². The van der Waals surface area contributed by atoms with Crippen molar-refractivity contribution in [2.45, 2.75) is 18.4 Å². The van der Waals surface area contributed by atoms with Gasteiger partial charge in [0.1, 0.15) is 0 Å². The Morgan fingerprint density at radius 3 is 2.25 bits per heavy atom. The van der Waals surface area contributed by atoms with Gasteiger partial charge in [0.05, 0.1) is 17.7 Å². The van der Waals surface area contributed by atoms with Gasteiger partial charge in [0.25, 0.3) is 5.91 Å². The van der Waals surface area contributed by atoms with Gasteiger partial charge in [-0.1, -0.05) is 65.2 Å². The number of halogens is 2. The summed E-state index contributed by atoms with van der Waals surface area (Å²) in [6.07, 6.45) is 1.45. The predicted octanol–water partition coefficient (Wildman–Crippen LogP) is 4.64. The third kappa shape index (κ3) is 6.64. The zero-order valence-corrected chi connectivity index (χ0v) is 19.5. The Balaban J connectivity index is 1.79. The van der Waals surface area contributed by atoms with E-state index in [1.165, 1.54) is 30.5 Å². The van der Waals surface area contributed by atoms with E-state index in [0.717, 1.165) is 21.0 Å². The normalized spacial score (nSPS) is 11.8. The number of carbonyl (C=O) groups excluding carboxylic acids is 1. The van der Waals surface area contributed by atoms with Gasteiger partial charge in [0.2, 0.25) is 10.0 Å². The Morgan fingerprint density at radius 1 is 1.00 bits per heavy atom. The summed E-state index contributed by atoms with van der Waals surface area (Å²) in [4.78, 5) is 12.6. The van der Waals surface area contributed by atoms with Crippen molar-refractivity contribution in [2.24, 2.45) is 5.10 Å². The van der Waals surface area contributed by atoms with Gasteiger partial charge in [-0.25, -0.2) is 13.8 Å². The van der Waals surface area contributed by atoms with Crippen LogP contribution in [-0.2, 0) is 21.4 Å². The minimum absolute atomic E-state index is 0.0287. The second-order valence-electron chi connectivity index (χ2n) is 7.06. The monoisotopic (exact) mass is 489 g/mol.